The summed E-state index contributed by atoms with van der Waals surface area (Å²) < 4.78 is 10.8. The summed E-state index contributed by atoms with van der Waals surface area (Å²) in [5, 5.41) is 3.16. The molecule has 0 amide bonds. The van der Waals surface area contributed by atoms with Gasteiger partial charge in [0.15, 0.2) is 0 Å². The highest BCUT2D eigenvalue weighted by molar-refractivity contribution is 5.80. The van der Waals surface area contributed by atoms with Gasteiger partial charge >= 0.3 is 5.97 Å². The number of nitrogens with one attached hydrogen (secondary N) is 1. The Bertz CT molecular complexity index is 246. The number of carbonyl (C=O) groups excluding carboxylic acids is 1. The van der Waals surface area contributed by atoms with Gasteiger partial charge in [0.25, 0.3) is 0 Å². The third-order valence-electron chi connectivity index (χ3n) is 3.33. The zero-order valence-electron chi connectivity index (χ0n) is 13.8. The van der Waals surface area contributed by atoms with Crippen molar-refractivity contribution in [2.45, 2.75) is 71.8 Å². The smallest absolute Gasteiger partial charge is 0.328 e. The fourth-order valence-corrected chi connectivity index (χ4v) is 2.12. The number of hydrogen-bond acceptors (Lipinski definition) is 4. The minimum absolute atomic E-state index is 0.232. The van der Waals surface area contributed by atoms with Crippen molar-refractivity contribution >= 4 is 5.97 Å². The van der Waals surface area contributed by atoms with Crippen LogP contribution in [0.2, 0.25) is 0 Å². The van der Waals surface area contributed by atoms with Gasteiger partial charge < -0.3 is 14.8 Å². The van der Waals surface area contributed by atoms with Crippen molar-refractivity contribution in [1.82, 2.24) is 5.32 Å². The van der Waals surface area contributed by atoms with Crippen molar-refractivity contribution < 1.29 is 14.3 Å². The summed E-state index contributed by atoms with van der Waals surface area (Å²) in [7, 11) is 0. The maximum Gasteiger partial charge on any atom is 0.328 e. The van der Waals surface area contributed by atoms with Crippen molar-refractivity contribution in [3.63, 3.8) is 0 Å². The maximum absolute atomic E-state index is 11.9. The van der Waals surface area contributed by atoms with Crippen LogP contribution in [0.1, 0.15) is 66.2 Å². The van der Waals surface area contributed by atoms with E-state index >= 15 is 0 Å². The summed E-state index contributed by atoms with van der Waals surface area (Å²) >= 11 is 0. The summed E-state index contributed by atoms with van der Waals surface area (Å²) in [6.45, 7) is 10.1. The summed E-state index contributed by atoms with van der Waals surface area (Å²) in [5.41, 5.74) is -0.729. The van der Waals surface area contributed by atoms with Gasteiger partial charge in [-0.3, -0.25) is 0 Å². The number of esters is 1. The Hall–Kier alpha value is -0.610. The van der Waals surface area contributed by atoms with Crippen LogP contribution in [0, 0.1) is 0 Å². The van der Waals surface area contributed by atoms with E-state index in [-0.39, 0.29) is 5.97 Å². The van der Waals surface area contributed by atoms with Gasteiger partial charge in [0.05, 0.1) is 13.2 Å². The van der Waals surface area contributed by atoms with Gasteiger partial charge in [0.2, 0.25) is 0 Å². The first-order valence-electron chi connectivity index (χ1n) is 8.10. The summed E-state index contributed by atoms with van der Waals surface area (Å²) in [4.78, 5) is 11.9. The predicted molar refractivity (Wildman–Crippen MR) is 82.9 cm³/mol. The molecule has 0 saturated carbocycles. The van der Waals surface area contributed by atoms with Crippen molar-refractivity contribution in [2.24, 2.45) is 0 Å². The Morgan fingerprint density at radius 1 is 1.05 bits per heavy atom. The van der Waals surface area contributed by atoms with Gasteiger partial charge in [-0.25, -0.2) is 4.79 Å². The van der Waals surface area contributed by atoms with Gasteiger partial charge in [-0.15, -0.1) is 0 Å². The first kappa shape index (κ1) is 19.4. The predicted octanol–water partition coefficient (Wildman–Crippen LogP) is 3.29. The molecular weight excluding hydrogens is 254 g/mol. The molecule has 0 spiro atoms. The van der Waals surface area contributed by atoms with Crippen LogP contribution in [0.25, 0.3) is 0 Å². The molecule has 1 N–H and O–H groups in total. The van der Waals surface area contributed by atoms with Gasteiger partial charge in [-0.05, 0) is 26.8 Å². The molecule has 0 aromatic rings. The van der Waals surface area contributed by atoms with Crippen molar-refractivity contribution in [3.8, 4) is 0 Å². The molecule has 0 radical (unpaired) electrons. The minimum atomic E-state index is -0.729. The monoisotopic (exact) mass is 287 g/mol. The molecule has 0 rings (SSSR count). The lowest BCUT2D eigenvalue weighted by molar-refractivity contribution is -0.153. The summed E-state index contributed by atoms with van der Waals surface area (Å²) in [5.74, 6) is -0.232. The van der Waals surface area contributed by atoms with Crippen LogP contribution >= 0.6 is 0 Å². The summed E-state index contributed by atoms with van der Waals surface area (Å²) in [6.07, 6.45) is 7.46. The molecule has 1 unspecified atom stereocenters. The van der Waals surface area contributed by atoms with Gasteiger partial charge in [-0.2, -0.15) is 0 Å². The Kier molecular flexibility index (Phi) is 11.8. The maximum atomic E-state index is 11.9. The standard InChI is InChI=1S/C16H33NO3/c1-5-8-9-10-11-12-13-19-14-16(4,17-6-2)15(18)20-7-3/h17H,5-14H2,1-4H3. The Morgan fingerprint density at radius 2 is 1.70 bits per heavy atom. The molecule has 0 aromatic carbocycles. The average Bonchev–Trinajstić information content (AvgIpc) is 2.42. The first-order valence-corrected chi connectivity index (χ1v) is 8.10. The lowest BCUT2D eigenvalue weighted by Crippen LogP contribution is -2.54. The molecule has 4 nitrogen and oxygen atoms in total. The number of carbonyl (C=O) groups is 1. The van der Waals surface area contributed by atoms with E-state index in [1.807, 2.05) is 20.8 Å². The molecule has 0 aromatic heterocycles. The second kappa shape index (κ2) is 12.2. The molecule has 0 fully saturated rings. The second-order valence-electron chi connectivity index (χ2n) is 5.40. The normalized spacial score (nSPS) is 14.0. The van der Waals surface area contributed by atoms with Crippen molar-refractivity contribution in [3.05, 3.63) is 0 Å². The van der Waals surface area contributed by atoms with Gasteiger partial charge in [0, 0.05) is 6.61 Å². The zero-order chi connectivity index (χ0) is 15.3. The van der Waals surface area contributed by atoms with Crippen LogP contribution in [-0.2, 0) is 14.3 Å². The Balaban J connectivity index is 3.83. The fourth-order valence-electron chi connectivity index (χ4n) is 2.12. The Morgan fingerprint density at radius 3 is 2.30 bits per heavy atom. The SMILES string of the molecule is CCCCCCCCOCC(C)(NCC)C(=O)OCC. The van der Waals surface area contributed by atoms with Gasteiger partial charge in [0.1, 0.15) is 5.54 Å². The molecule has 4 heteroatoms. The van der Waals surface area contributed by atoms with E-state index in [0.29, 0.717) is 19.8 Å². The van der Waals surface area contributed by atoms with E-state index in [4.69, 9.17) is 9.47 Å². The van der Waals surface area contributed by atoms with Gasteiger partial charge in [-0.1, -0.05) is 46.0 Å². The largest absolute Gasteiger partial charge is 0.465 e. The van der Waals surface area contributed by atoms with E-state index in [1.54, 1.807) is 0 Å². The highest BCUT2D eigenvalue weighted by Crippen LogP contribution is 2.09. The van der Waals surface area contributed by atoms with E-state index < -0.39 is 5.54 Å². The van der Waals surface area contributed by atoms with E-state index in [9.17, 15) is 4.79 Å². The molecule has 0 aliphatic rings. The number of hydrogen-bond donors (Lipinski definition) is 1. The average molecular weight is 287 g/mol. The van der Waals surface area contributed by atoms with Crippen LogP contribution in [-0.4, -0.2) is 37.9 Å². The molecule has 120 valence electrons. The quantitative estimate of drug-likeness (QED) is 0.417. The van der Waals surface area contributed by atoms with E-state index in [2.05, 4.69) is 12.2 Å². The number of unbranched alkanes of at least 4 members (excludes halogenated alkanes) is 5. The molecule has 0 bridgehead atoms. The van der Waals surface area contributed by atoms with Crippen LogP contribution < -0.4 is 5.32 Å². The molecule has 1 atom stereocenters. The van der Waals surface area contributed by atoms with Crippen LogP contribution in [0.5, 0.6) is 0 Å². The van der Waals surface area contributed by atoms with Crippen molar-refractivity contribution in [1.29, 1.82) is 0 Å². The first-order chi connectivity index (χ1) is 9.60. The molecule has 0 saturated heterocycles. The molecule has 0 aliphatic heterocycles. The number of likely N-dealkylation sites (N-methyl/N-ethyl adjacent to an activating group) is 1. The third-order valence-corrected chi connectivity index (χ3v) is 3.33. The number of ether oxygens (including phenoxy) is 2. The minimum Gasteiger partial charge on any atom is -0.465 e. The van der Waals surface area contributed by atoms with E-state index in [0.717, 1.165) is 13.0 Å². The lowest BCUT2D eigenvalue weighted by Gasteiger charge is -2.27. The second-order valence-corrected chi connectivity index (χ2v) is 5.40. The highest BCUT2D eigenvalue weighted by atomic mass is 16.5. The van der Waals surface area contributed by atoms with E-state index in [1.165, 1.54) is 32.1 Å². The molecule has 0 heterocycles. The number of rotatable bonds is 13. The van der Waals surface area contributed by atoms with Crippen LogP contribution in [0.15, 0.2) is 0 Å². The Labute approximate surface area is 124 Å². The van der Waals surface area contributed by atoms with Crippen LogP contribution in [0.4, 0.5) is 0 Å². The third kappa shape index (κ3) is 8.54. The topological polar surface area (TPSA) is 47.6 Å². The zero-order valence-corrected chi connectivity index (χ0v) is 13.8. The van der Waals surface area contributed by atoms with Crippen molar-refractivity contribution in [2.75, 3.05) is 26.4 Å². The van der Waals surface area contributed by atoms with Crippen LogP contribution in [0.3, 0.4) is 0 Å². The fraction of sp³-hybridized carbons (Fsp3) is 0.938. The summed E-state index contributed by atoms with van der Waals surface area (Å²) in [6, 6.07) is 0. The lowest BCUT2D eigenvalue weighted by atomic mass is 10.0. The molecule has 0 aliphatic carbocycles. The molecule has 20 heavy (non-hydrogen) atoms. The highest BCUT2D eigenvalue weighted by Gasteiger charge is 2.34. The molecular formula is C16H33NO3.